The molecule has 0 spiro atoms. The van der Waals surface area contributed by atoms with Gasteiger partial charge >= 0.3 is 0 Å². The van der Waals surface area contributed by atoms with Gasteiger partial charge in [-0.15, -0.1) is 0 Å². The zero-order valence-electron chi connectivity index (χ0n) is 29.3. The molecule has 0 atom stereocenters. The van der Waals surface area contributed by atoms with E-state index in [-0.39, 0.29) is 0 Å². The van der Waals surface area contributed by atoms with Crippen LogP contribution in [-0.2, 0) is 26.2 Å². The van der Waals surface area contributed by atoms with Gasteiger partial charge in [-0.05, 0) is 79.7 Å². The lowest BCUT2D eigenvalue weighted by Gasteiger charge is -2.24. The fraction of sp³-hybridized carbons (Fsp3) is 0.390. The van der Waals surface area contributed by atoms with Gasteiger partial charge in [-0.1, -0.05) is 97.1 Å². The van der Waals surface area contributed by atoms with Crippen LogP contribution in [0.3, 0.4) is 0 Å². The molecule has 0 radical (unpaired) electrons. The zero-order valence-corrected chi connectivity index (χ0v) is 29.3. The molecule has 4 aromatic carbocycles. The van der Waals surface area contributed by atoms with Crippen molar-refractivity contribution in [2.75, 3.05) is 81.1 Å². The van der Waals surface area contributed by atoms with Crippen molar-refractivity contribution in [2.24, 2.45) is 4.99 Å². The normalized spacial score (nSPS) is 18.1. The SMILES string of the molecule is CN1CCN(C)Cc2ccc(cc2)-c2ccc(cc2)CN(C)CC=NCCN(C)Cc2ccc(cc2)-c2ccc(cc2)CN(C)CC1. The third-order valence-electron chi connectivity index (χ3n) is 9.15. The van der Waals surface area contributed by atoms with Gasteiger partial charge in [0.15, 0.2) is 0 Å². The quantitative estimate of drug-likeness (QED) is 0.222. The van der Waals surface area contributed by atoms with Crippen molar-refractivity contribution in [3.63, 3.8) is 0 Å². The maximum Gasteiger partial charge on any atom is 0.0513 e. The summed E-state index contributed by atoms with van der Waals surface area (Å²) < 4.78 is 0. The average molecular weight is 631 g/mol. The molecular formula is C41H54N6. The molecule has 7 aliphatic rings. The first-order chi connectivity index (χ1) is 22.8. The van der Waals surface area contributed by atoms with Crippen LogP contribution >= 0.6 is 0 Å². The lowest BCUT2D eigenvalue weighted by atomic mass is 10.0. The molecule has 6 heteroatoms. The summed E-state index contributed by atoms with van der Waals surface area (Å²) in [5, 5.41) is 0. The van der Waals surface area contributed by atoms with Crippen LogP contribution in [0.2, 0.25) is 0 Å². The van der Waals surface area contributed by atoms with Crippen LogP contribution in [0.25, 0.3) is 22.3 Å². The van der Waals surface area contributed by atoms with Crippen molar-refractivity contribution in [3.05, 3.63) is 119 Å². The van der Waals surface area contributed by atoms with E-state index in [2.05, 4.69) is 163 Å². The van der Waals surface area contributed by atoms with Crippen LogP contribution in [0, 0.1) is 0 Å². The highest BCUT2D eigenvalue weighted by molar-refractivity contribution is 5.65. The summed E-state index contributed by atoms with van der Waals surface area (Å²) in [5.41, 5.74) is 10.4. The minimum absolute atomic E-state index is 0.810. The average Bonchev–Trinajstić information content (AvgIpc) is 3.07. The third kappa shape index (κ3) is 11.2. The monoisotopic (exact) mass is 630 g/mol. The molecule has 11 rings (SSSR count). The smallest absolute Gasteiger partial charge is 0.0513 e. The van der Waals surface area contributed by atoms with E-state index in [0.717, 1.165) is 72.0 Å². The van der Waals surface area contributed by atoms with Crippen molar-refractivity contribution in [3.8, 4) is 22.3 Å². The second kappa shape index (κ2) is 17.5. The van der Waals surface area contributed by atoms with Crippen LogP contribution < -0.4 is 0 Å². The molecule has 248 valence electrons. The van der Waals surface area contributed by atoms with Gasteiger partial charge in [-0.2, -0.15) is 0 Å². The topological polar surface area (TPSA) is 28.6 Å². The number of nitrogens with zero attached hydrogens (tertiary/aromatic N) is 6. The Labute approximate surface area is 283 Å². The lowest BCUT2D eigenvalue weighted by Crippen LogP contribution is -2.35. The second-order valence-corrected chi connectivity index (χ2v) is 13.6. The Morgan fingerprint density at radius 2 is 0.660 bits per heavy atom. The highest BCUT2D eigenvalue weighted by Crippen LogP contribution is 2.23. The summed E-state index contributed by atoms with van der Waals surface area (Å²) in [6, 6.07) is 36.2. The van der Waals surface area contributed by atoms with Crippen molar-refractivity contribution >= 4 is 6.21 Å². The van der Waals surface area contributed by atoms with E-state index in [1.165, 1.54) is 44.5 Å². The molecule has 0 aliphatic carbocycles. The summed E-state index contributed by atoms with van der Waals surface area (Å²) in [5.74, 6) is 0. The number of aliphatic imine (C=N–C) groups is 1. The molecule has 0 aromatic heterocycles. The minimum atomic E-state index is 0.810. The van der Waals surface area contributed by atoms with Crippen LogP contribution in [0.1, 0.15) is 22.3 Å². The van der Waals surface area contributed by atoms with E-state index in [0.29, 0.717) is 0 Å². The number of likely N-dealkylation sites (N-methyl/N-ethyl adjacent to an activating group) is 4. The lowest BCUT2D eigenvalue weighted by molar-refractivity contribution is 0.221. The summed E-state index contributed by atoms with van der Waals surface area (Å²) in [7, 11) is 11.0. The Hall–Kier alpha value is -3.65. The molecule has 0 fully saturated rings. The molecule has 0 N–H and O–H groups in total. The number of hydrogen-bond donors (Lipinski definition) is 0. The molecule has 0 saturated carbocycles. The summed E-state index contributed by atoms with van der Waals surface area (Å²) >= 11 is 0. The predicted molar refractivity (Wildman–Crippen MR) is 200 cm³/mol. The van der Waals surface area contributed by atoms with Crippen LogP contribution in [0.4, 0.5) is 0 Å². The summed E-state index contributed by atoms with van der Waals surface area (Å²) in [6.45, 7) is 10.5. The Balaban J connectivity index is 1.22. The van der Waals surface area contributed by atoms with Crippen LogP contribution in [0.15, 0.2) is 102 Å². The standard InChI is InChI=1S/C41H54N6/c1-43-26-28-46(4)32-36-10-18-40(19-11-36)38-14-6-34(7-15-38)30-44(2)24-22-42-23-25-45(3)31-35-8-16-39(17-9-35)41-20-12-37(13-21-41)33-47(5)29-27-43/h6-22H,23-33H2,1-5H3. The first kappa shape index (κ1) is 34.7. The summed E-state index contributed by atoms with van der Waals surface area (Å²) in [4.78, 5) is 16.6. The molecule has 7 aliphatic heterocycles. The van der Waals surface area contributed by atoms with Crippen molar-refractivity contribution < 1.29 is 0 Å². The van der Waals surface area contributed by atoms with Gasteiger partial charge in [0.25, 0.3) is 0 Å². The maximum atomic E-state index is 4.70. The maximum absolute atomic E-state index is 4.70. The Kier molecular flexibility index (Phi) is 12.9. The van der Waals surface area contributed by atoms with Crippen molar-refractivity contribution in [1.82, 2.24) is 24.5 Å². The van der Waals surface area contributed by atoms with Crippen LogP contribution in [0.5, 0.6) is 0 Å². The first-order valence-corrected chi connectivity index (χ1v) is 17.1. The largest absolute Gasteiger partial charge is 0.304 e. The van der Waals surface area contributed by atoms with Gasteiger partial charge < -0.3 is 19.6 Å². The minimum Gasteiger partial charge on any atom is -0.304 e. The second-order valence-electron chi connectivity index (χ2n) is 13.6. The molecule has 4 aromatic rings. The summed E-state index contributed by atoms with van der Waals surface area (Å²) in [6.07, 6.45) is 2.06. The molecule has 0 unspecified atom stereocenters. The van der Waals surface area contributed by atoms with Crippen molar-refractivity contribution in [2.45, 2.75) is 26.2 Å². The Morgan fingerprint density at radius 1 is 0.362 bits per heavy atom. The van der Waals surface area contributed by atoms with Gasteiger partial charge in [0, 0.05) is 71.7 Å². The van der Waals surface area contributed by atoms with Crippen molar-refractivity contribution in [1.29, 1.82) is 0 Å². The van der Waals surface area contributed by atoms with Gasteiger partial charge in [0.05, 0.1) is 6.54 Å². The highest BCUT2D eigenvalue weighted by Gasteiger charge is 2.08. The Morgan fingerprint density at radius 3 is 1.02 bits per heavy atom. The Bertz CT molecular complexity index is 1510. The fourth-order valence-electron chi connectivity index (χ4n) is 6.07. The van der Waals surface area contributed by atoms with Gasteiger partial charge in [-0.3, -0.25) is 9.89 Å². The molecule has 0 saturated heterocycles. The predicted octanol–water partition coefficient (Wildman–Crippen LogP) is 6.46. The molecule has 8 bridgehead atoms. The highest BCUT2D eigenvalue weighted by atomic mass is 15.2. The van der Waals surface area contributed by atoms with E-state index >= 15 is 0 Å². The first-order valence-electron chi connectivity index (χ1n) is 17.1. The van der Waals surface area contributed by atoms with E-state index in [1.54, 1.807) is 0 Å². The fourth-order valence-corrected chi connectivity index (χ4v) is 6.07. The van der Waals surface area contributed by atoms with Gasteiger partial charge in [-0.25, -0.2) is 0 Å². The molecule has 7 heterocycles. The molecule has 6 nitrogen and oxygen atoms in total. The van der Waals surface area contributed by atoms with Crippen LogP contribution in [-0.4, -0.2) is 112 Å². The van der Waals surface area contributed by atoms with E-state index < -0.39 is 0 Å². The number of benzene rings is 4. The van der Waals surface area contributed by atoms with Gasteiger partial charge in [0.1, 0.15) is 0 Å². The van der Waals surface area contributed by atoms with Gasteiger partial charge in [0.2, 0.25) is 0 Å². The zero-order chi connectivity index (χ0) is 33.0. The number of rotatable bonds is 0. The third-order valence-corrected chi connectivity index (χ3v) is 9.15. The van der Waals surface area contributed by atoms with E-state index in [9.17, 15) is 0 Å². The van der Waals surface area contributed by atoms with E-state index in [1.807, 2.05) is 0 Å². The molecular weight excluding hydrogens is 576 g/mol. The molecule has 47 heavy (non-hydrogen) atoms. The number of hydrogen-bond acceptors (Lipinski definition) is 6. The molecule has 0 amide bonds. The van der Waals surface area contributed by atoms with E-state index in [4.69, 9.17) is 4.99 Å².